The summed E-state index contributed by atoms with van der Waals surface area (Å²) in [4.78, 5) is 36.8. The Bertz CT molecular complexity index is 491. The molecule has 7 heteroatoms. The first kappa shape index (κ1) is 15.6. The van der Waals surface area contributed by atoms with Crippen molar-refractivity contribution < 1.29 is 23.5 Å². The Balaban J connectivity index is 2.25. The van der Waals surface area contributed by atoms with Crippen LogP contribution in [-0.4, -0.2) is 47.7 Å². The van der Waals surface area contributed by atoms with E-state index in [1.54, 1.807) is 13.8 Å². The van der Waals surface area contributed by atoms with Crippen LogP contribution in [-0.2, 0) is 19.1 Å². The zero-order valence-corrected chi connectivity index (χ0v) is 12.1. The molecule has 6 nitrogen and oxygen atoms in total. The number of carbonyl (C=O) groups is 3. The fourth-order valence-corrected chi connectivity index (χ4v) is 2.41. The molecule has 0 aromatic heterocycles. The van der Waals surface area contributed by atoms with Gasteiger partial charge in [0.05, 0.1) is 6.10 Å². The van der Waals surface area contributed by atoms with E-state index >= 15 is 0 Å². The van der Waals surface area contributed by atoms with Gasteiger partial charge < -0.3 is 9.64 Å². The second-order valence-corrected chi connectivity index (χ2v) is 5.23. The Morgan fingerprint density at radius 3 is 2.76 bits per heavy atom. The summed E-state index contributed by atoms with van der Waals surface area (Å²) in [6.45, 7) is 3.17. The molecule has 1 N–H and O–H groups in total. The Kier molecular flexibility index (Phi) is 4.72. The summed E-state index contributed by atoms with van der Waals surface area (Å²) in [5.74, 6) is -1.27. The number of nitrogens with one attached hydrogen (secondary N) is 1. The highest BCUT2D eigenvalue weighted by atomic mass is 19.1. The summed E-state index contributed by atoms with van der Waals surface area (Å²) in [5, 5.41) is 2.22. The Morgan fingerprint density at radius 2 is 2.14 bits per heavy atom. The summed E-state index contributed by atoms with van der Waals surface area (Å²) < 4.78 is 19.1. The highest BCUT2D eigenvalue weighted by molar-refractivity contribution is 6.03. The molecule has 1 fully saturated rings. The van der Waals surface area contributed by atoms with E-state index in [0.717, 1.165) is 0 Å². The van der Waals surface area contributed by atoms with Gasteiger partial charge in [0.1, 0.15) is 18.9 Å². The van der Waals surface area contributed by atoms with Crippen molar-refractivity contribution >= 4 is 17.7 Å². The van der Waals surface area contributed by atoms with Crippen molar-refractivity contribution in [1.29, 1.82) is 0 Å². The van der Waals surface area contributed by atoms with Gasteiger partial charge >= 0.3 is 0 Å². The fourth-order valence-electron chi connectivity index (χ4n) is 2.41. The minimum Gasteiger partial charge on any atom is -0.355 e. The molecule has 0 radical (unpaired) electrons. The lowest BCUT2D eigenvalue weighted by molar-refractivity contribution is -0.152. The molecule has 0 bridgehead atoms. The molecule has 2 aliphatic rings. The third kappa shape index (κ3) is 3.29. The Labute approximate surface area is 122 Å². The van der Waals surface area contributed by atoms with Gasteiger partial charge in [-0.05, 0) is 25.8 Å². The minimum absolute atomic E-state index is 0.163. The lowest BCUT2D eigenvalue weighted by atomic mass is 10.0. The van der Waals surface area contributed by atoms with Gasteiger partial charge in [0.25, 0.3) is 5.91 Å². The van der Waals surface area contributed by atoms with Crippen molar-refractivity contribution in [3.8, 4) is 0 Å². The molecule has 2 rings (SSSR count). The van der Waals surface area contributed by atoms with E-state index in [-0.39, 0.29) is 25.5 Å². The van der Waals surface area contributed by atoms with Crippen molar-refractivity contribution in [2.24, 2.45) is 0 Å². The predicted octanol–water partition coefficient (Wildman–Crippen LogP) is 0.671. The smallest absolute Gasteiger partial charge is 0.252 e. The van der Waals surface area contributed by atoms with Gasteiger partial charge in [0.15, 0.2) is 0 Å². The topological polar surface area (TPSA) is 75.7 Å². The molecule has 0 aliphatic carbocycles. The fraction of sp³-hybridized carbons (Fsp3) is 0.643. The number of hydrogen-bond acceptors (Lipinski definition) is 4. The quantitative estimate of drug-likeness (QED) is 0.760. The van der Waals surface area contributed by atoms with Crippen molar-refractivity contribution in [1.82, 2.24) is 10.2 Å². The number of nitrogens with zero attached hydrogens (tertiary/aromatic N) is 1. The Morgan fingerprint density at radius 1 is 1.43 bits per heavy atom. The van der Waals surface area contributed by atoms with E-state index in [1.165, 1.54) is 11.0 Å². The second-order valence-electron chi connectivity index (χ2n) is 5.23. The monoisotopic (exact) mass is 298 g/mol. The van der Waals surface area contributed by atoms with Crippen LogP contribution >= 0.6 is 0 Å². The van der Waals surface area contributed by atoms with Crippen molar-refractivity contribution in [2.45, 2.75) is 51.4 Å². The molecular weight excluding hydrogens is 279 g/mol. The molecule has 0 saturated carbocycles. The highest BCUT2D eigenvalue weighted by Gasteiger charge is 2.37. The van der Waals surface area contributed by atoms with Gasteiger partial charge in [-0.25, -0.2) is 4.39 Å². The molecule has 1 saturated heterocycles. The first-order valence-electron chi connectivity index (χ1n) is 7.05. The molecule has 0 aromatic rings. The number of hydrogen-bond donors (Lipinski definition) is 1. The number of piperidine rings is 1. The maximum atomic E-state index is 13.8. The molecule has 0 spiro atoms. The molecule has 3 atom stereocenters. The number of amides is 3. The first-order chi connectivity index (χ1) is 9.93. The van der Waals surface area contributed by atoms with Gasteiger partial charge in [-0.15, -0.1) is 0 Å². The second kappa shape index (κ2) is 6.34. The maximum absolute atomic E-state index is 13.8. The summed E-state index contributed by atoms with van der Waals surface area (Å²) in [5.41, 5.74) is 0.322. The van der Waals surface area contributed by atoms with Crippen molar-refractivity contribution in [3.05, 3.63) is 11.6 Å². The largest absolute Gasteiger partial charge is 0.355 e. The van der Waals surface area contributed by atoms with Crippen LogP contribution in [0.1, 0.15) is 33.1 Å². The number of rotatable bonds is 2. The molecule has 3 amide bonds. The average molecular weight is 298 g/mol. The molecule has 2 heterocycles. The van der Waals surface area contributed by atoms with Gasteiger partial charge in [-0.3, -0.25) is 19.7 Å². The van der Waals surface area contributed by atoms with E-state index in [1.807, 2.05) is 0 Å². The zero-order chi connectivity index (χ0) is 15.6. The van der Waals surface area contributed by atoms with Crippen LogP contribution in [0.15, 0.2) is 11.6 Å². The normalized spacial score (nSPS) is 33.9. The SMILES string of the molecule is CC/C1=C\[C@H](F)C(C)OCN(C2CCC(=O)NC2=O)C1=O. The third-order valence-electron chi connectivity index (χ3n) is 3.79. The van der Waals surface area contributed by atoms with Crippen LogP contribution < -0.4 is 5.32 Å². The number of halogens is 1. The molecule has 116 valence electrons. The van der Waals surface area contributed by atoms with Crippen LogP contribution in [0.2, 0.25) is 0 Å². The van der Waals surface area contributed by atoms with Crippen LogP contribution in [0.4, 0.5) is 4.39 Å². The predicted molar refractivity (Wildman–Crippen MR) is 71.7 cm³/mol. The highest BCUT2D eigenvalue weighted by Crippen LogP contribution is 2.21. The van der Waals surface area contributed by atoms with Gasteiger partial charge in [-0.2, -0.15) is 0 Å². The molecule has 21 heavy (non-hydrogen) atoms. The number of alkyl halides is 1. The zero-order valence-electron chi connectivity index (χ0n) is 12.1. The van der Waals surface area contributed by atoms with Gasteiger partial charge in [0, 0.05) is 12.0 Å². The van der Waals surface area contributed by atoms with Gasteiger partial charge in [0.2, 0.25) is 11.8 Å². The van der Waals surface area contributed by atoms with Crippen LogP contribution in [0.5, 0.6) is 0 Å². The van der Waals surface area contributed by atoms with Crippen molar-refractivity contribution in [2.75, 3.05) is 6.73 Å². The standard InChI is InChI=1S/C14H19FN2O4/c1-3-9-6-10(15)8(2)21-7-17(14(9)20)11-4-5-12(18)16-13(11)19/h6,8,10-11H,3-5,7H2,1-2H3,(H,16,18,19)/b9-6+/t8?,10-,11?/m0/s1. The first-order valence-corrected chi connectivity index (χ1v) is 7.05. The average Bonchev–Trinajstić information content (AvgIpc) is 2.44. The van der Waals surface area contributed by atoms with E-state index in [4.69, 9.17) is 4.74 Å². The minimum atomic E-state index is -1.35. The van der Waals surface area contributed by atoms with Crippen molar-refractivity contribution in [3.63, 3.8) is 0 Å². The maximum Gasteiger partial charge on any atom is 0.252 e. The summed E-state index contributed by atoms with van der Waals surface area (Å²) >= 11 is 0. The summed E-state index contributed by atoms with van der Waals surface area (Å²) in [6.07, 6.45) is 0.000654. The van der Waals surface area contributed by atoms with Crippen LogP contribution in [0.3, 0.4) is 0 Å². The van der Waals surface area contributed by atoms with E-state index in [0.29, 0.717) is 12.0 Å². The summed E-state index contributed by atoms with van der Waals surface area (Å²) in [7, 11) is 0. The number of ether oxygens (including phenoxy) is 1. The number of carbonyl (C=O) groups excluding carboxylic acids is 3. The van der Waals surface area contributed by atoms with Gasteiger partial charge in [-0.1, -0.05) is 6.92 Å². The van der Waals surface area contributed by atoms with E-state index < -0.39 is 30.1 Å². The van der Waals surface area contributed by atoms with E-state index in [2.05, 4.69) is 5.32 Å². The van der Waals surface area contributed by atoms with Crippen LogP contribution in [0.25, 0.3) is 0 Å². The molecule has 2 unspecified atom stereocenters. The lowest BCUT2D eigenvalue weighted by Crippen LogP contribution is -2.56. The Hall–Kier alpha value is -1.76. The molecule has 2 aliphatic heterocycles. The third-order valence-corrected chi connectivity index (χ3v) is 3.79. The van der Waals surface area contributed by atoms with Crippen LogP contribution in [0, 0.1) is 0 Å². The van der Waals surface area contributed by atoms with E-state index in [9.17, 15) is 18.8 Å². The molecular formula is C14H19FN2O4. The number of imide groups is 1. The summed E-state index contributed by atoms with van der Waals surface area (Å²) in [6, 6.07) is -0.756. The molecule has 0 aromatic carbocycles. The lowest BCUT2D eigenvalue weighted by Gasteiger charge is -2.35.